The predicted octanol–water partition coefficient (Wildman–Crippen LogP) is -0.784. The average Bonchev–Trinajstić information content (AvgIpc) is 3.37. The van der Waals surface area contributed by atoms with Crippen molar-refractivity contribution in [2.75, 3.05) is 13.7 Å². The Bertz CT molecular complexity index is 780. The number of imidazole rings is 1. The SMILES string of the molecule is COC(=O)C1(C(=O)[C@H](Cc2cnc[nH]2)NC(=O)[C@@H]2CCC(=O)N2)CC(C)CCN1. The van der Waals surface area contributed by atoms with Crippen molar-refractivity contribution in [2.24, 2.45) is 5.92 Å². The van der Waals surface area contributed by atoms with Crippen molar-refractivity contribution >= 4 is 23.6 Å². The van der Waals surface area contributed by atoms with Crippen molar-refractivity contribution in [3.05, 3.63) is 18.2 Å². The summed E-state index contributed by atoms with van der Waals surface area (Å²) in [4.78, 5) is 57.3. The first kappa shape index (κ1) is 21.0. The number of aromatic nitrogens is 2. The molecule has 3 heterocycles. The van der Waals surface area contributed by atoms with Gasteiger partial charge in [0, 0.05) is 24.7 Å². The lowest BCUT2D eigenvalue weighted by Gasteiger charge is -2.39. The molecule has 4 atom stereocenters. The van der Waals surface area contributed by atoms with Crippen molar-refractivity contribution in [2.45, 2.75) is 56.7 Å². The number of piperidine rings is 1. The molecular weight excluding hydrogens is 378 g/mol. The zero-order valence-corrected chi connectivity index (χ0v) is 16.6. The van der Waals surface area contributed by atoms with Crippen LogP contribution in [0.4, 0.5) is 0 Å². The molecule has 3 rings (SSSR count). The lowest BCUT2D eigenvalue weighted by molar-refractivity contribution is -0.156. The van der Waals surface area contributed by atoms with Crippen LogP contribution >= 0.6 is 0 Å². The molecule has 2 saturated heterocycles. The molecule has 1 aromatic rings. The third-order valence-corrected chi connectivity index (χ3v) is 5.60. The summed E-state index contributed by atoms with van der Waals surface area (Å²) in [6, 6.07) is -1.68. The molecule has 2 amide bonds. The molecule has 2 aliphatic heterocycles. The highest BCUT2D eigenvalue weighted by atomic mass is 16.5. The van der Waals surface area contributed by atoms with Gasteiger partial charge in [-0.25, -0.2) is 9.78 Å². The Balaban J connectivity index is 1.86. The Morgan fingerprint density at radius 3 is 2.76 bits per heavy atom. The standard InChI is InChI=1S/C19H27N5O5/c1-11-5-6-22-19(8-11,18(28)29-2)16(26)14(7-12-9-20-10-21-12)24-17(27)13-3-4-15(25)23-13/h9-11,13-14,22H,3-8H2,1-2H3,(H,20,21)(H,23,25)(H,24,27)/t11?,13-,14-,19?/m0/s1. The van der Waals surface area contributed by atoms with E-state index in [1.54, 1.807) is 6.20 Å². The molecule has 2 unspecified atom stereocenters. The smallest absolute Gasteiger partial charge is 0.333 e. The van der Waals surface area contributed by atoms with Crippen molar-refractivity contribution in [3.63, 3.8) is 0 Å². The molecule has 0 bridgehead atoms. The fourth-order valence-electron chi connectivity index (χ4n) is 4.05. The van der Waals surface area contributed by atoms with E-state index in [0.29, 0.717) is 18.7 Å². The minimum atomic E-state index is -1.52. The summed E-state index contributed by atoms with van der Waals surface area (Å²) in [6.45, 7) is 2.47. The van der Waals surface area contributed by atoms with E-state index >= 15 is 0 Å². The van der Waals surface area contributed by atoms with E-state index in [1.165, 1.54) is 13.4 Å². The second kappa shape index (κ2) is 8.73. The fraction of sp³-hybridized carbons (Fsp3) is 0.632. The first-order valence-electron chi connectivity index (χ1n) is 9.80. The number of carbonyl (C=O) groups is 4. The van der Waals surface area contributed by atoms with E-state index in [9.17, 15) is 19.2 Å². The van der Waals surface area contributed by atoms with Gasteiger partial charge in [-0.2, -0.15) is 0 Å². The van der Waals surface area contributed by atoms with Gasteiger partial charge in [0.25, 0.3) is 0 Å². The highest BCUT2D eigenvalue weighted by molar-refractivity contribution is 6.12. The second-order valence-electron chi connectivity index (χ2n) is 7.79. The highest BCUT2D eigenvalue weighted by Gasteiger charge is 2.52. The molecule has 2 aliphatic rings. The molecule has 0 saturated carbocycles. The van der Waals surface area contributed by atoms with Gasteiger partial charge in [0.05, 0.1) is 19.5 Å². The van der Waals surface area contributed by atoms with Crippen molar-refractivity contribution in [3.8, 4) is 0 Å². The maximum Gasteiger partial charge on any atom is 0.333 e. The molecule has 10 nitrogen and oxygen atoms in total. The second-order valence-corrected chi connectivity index (χ2v) is 7.79. The van der Waals surface area contributed by atoms with Crippen LogP contribution in [0.15, 0.2) is 12.5 Å². The largest absolute Gasteiger partial charge is 0.467 e. The summed E-state index contributed by atoms with van der Waals surface area (Å²) in [5.41, 5.74) is -0.883. The van der Waals surface area contributed by atoms with E-state index in [-0.39, 0.29) is 31.1 Å². The van der Waals surface area contributed by atoms with Gasteiger partial charge in [-0.05, 0) is 31.7 Å². The van der Waals surface area contributed by atoms with Crippen LogP contribution in [-0.2, 0) is 30.3 Å². The molecule has 158 valence electrons. The molecule has 29 heavy (non-hydrogen) atoms. The molecule has 0 aliphatic carbocycles. The molecular formula is C19H27N5O5. The maximum absolute atomic E-state index is 13.6. The Kier molecular flexibility index (Phi) is 6.31. The third-order valence-electron chi connectivity index (χ3n) is 5.60. The first-order chi connectivity index (χ1) is 13.9. The van der Waals surface area contributed by atoms with Crippen molar-refractivity contribution in [1.82, 2.24) is 25.9 Å². The number of H-pyrrole nitrogens is 1. The Hall–Kier alpha value is -2.75. The number of ketones is 1. The number of rotatable bonds is 7. The van der Waals surface area contributed by atoms with Crippen LogP contribution in [0.3, 0.4) is 0 Å². The van der Waals surface area contributed by atoms with E-state index in [1.807, 2.05) is 6.92 Å². The van der Waals surface area contributed by atoms with Gasteiger partial charge in [0.1, 0.15) is 6.04 Å². The van der Waals surface area contributed by atoms with E-state index < -0.39 is 35.3 Å². The molecule has 10 heteroatoms. The zero-order chi connectivity index (χ0) is 21.0. The lowest BCUT2D eigenvalue weighted by atomic mass is 9.77. The fourth-order valence-corrected chi connectivity index (χ4v) is 4.05. The summed E-state index contributed by atoms with van der Waals surface area (Å²) >= 11 is 0. The van der Waals surface area contributed by atoms with Crippen LogP contribution < -0.4 is 16.0 Å². The number of esters is 1. The van der Waals surface area contributed by atoms with E-state index in [4.69, 9.17) is 4.74 Å². The topological polar surface area (TPSA) is 142 Å². The van der Waals surface area contributed by atoms with Gasteiger partial charge in [0.15, 0.2) is 11.3 Å². The number of hydrogen-bond acceptors (Lipinski definition) is 7. The quantitative estimate of drug-likeness (QED) is 0.344. The molecule has 2 fully saturated rings. The van der Waals surface area contributed by atoms with Crippen LogP contribution in [0.25, 0.3) is 0 Å². The number of carbonyl (C=O) groups excluding carboxylic acids is 4. The number of hydrogen-bond donors (Lipinski definition) is 4. The van der Waals surface area contributed by atoms with Gasteiger partial charge < -0.3 is 20.4 Å². The molecule has 0 aromatic carbocycles. The van der Waals surface area contributed by atoms with Crippen LogP contribution in [0.1, 0.15) is 38.3 Å². The third kappa shape index (κ3) is 4.47. The van der Waals surface area contributed by atoms with Crippen molar-refractivity contribution in [1.29, 1.82) is 0 Å². The number of nitrogens with one attached hydrogen (secondary N) is 4. The highest BCUT2D eigenvalue weighted by Crippen LogP contribution is 2.28. The van der Waals surface area contributed by atoms with Crippen molar-refractivity contribution < 1.29 is 23.9 Å². The van der Waals surface area contributed by atoms with Gasteiger partial charge >= 0.3 is 5.97 Å². The van der Waals surface area contributed by atoms with Crippen LogP contribution in [0, 0.1) is 5.92 Å². The predicted molar refractivity (Wildman–Crippen MR) is 102 cm³/mol. The van der Waals surface area contributed by atoms with E-state index in [0.717, 1.165) is 6.42 Å². The molecule has 0 spiro atoms. The minimum Gasteiger partial charge on any atom is -0.467 e. The molecule has 4 N–H and O–H groups in total. The normalized spacial score (nSPS) is 27.7. The van der Waals surface area contributed by atoms with Gasteiger partial charge in [0.2, 0.25) is 11.8 Å². The lowest BCUT2D eigenvalue weighted by Crippen LogP contribution is -2.67. The monoisotopic (exact) mass is 405 g/mol. The Labute approximate surface area is 168 Å². The van der Waals surface area contributed by atoms with Crippen LogP contribution in [0.2, 0.25) is 0 Å². The number of aromatic amines is 1. The summed E-state index contributed by atoms with van der Waals surface area (Å²) in [5, 5.41) is 8.38. The molecule has 1 aromatic heterocycles. The Morgan fingerprint density at radius 2 is 2.17 bits per heavy atom. The summed E-state index contributed by atoms with van der Waals surface area (Å²) in [5.74, 6) is -1.62. The first-order valence-corrected chi connectivity index (χ1v) is 9.80. The van der Waals surface area contributed by atoms with Gasteiger partial charge in [-0.15, -0.1) is 0 Å². The maximum atomic E-state index is 13.6. The van der Waals surface area contributed by atoms with Gasteiger partial charge in [-0.1, -0.05) is 6.92 Å². The number of Topliss-reactive ketones (excluding diaryl/α,β-unsaturated/α-hetero) is 1. The summed E-state index contributed by atoms with van der Waals surface area (Å²) in [6.07, 6.45) is 4.93. The molecule has 0 radical (unpaired) electrons. The average molecular weight is 405 g/mol. The van der Waals surface area contributed by atoms with Crippen LogP contribution in [0.5, 0.6) is 0 Å². The number of amides is 2. The number of nitrogens with zero attached hydrogens (tertiary/aromatic N) is 1. The van der Waals surface area contributed by atoms with Gasteiger partial charge in [-0.3, -0.25) is 19.7 Å². The minimum absolute atomic E-state index is 0.136. The number of methoxy groups -OCH3 is 1. The summed E-state index contributed by atoms with van der Waals surface area (Å²) < 4.78 is 4.95. The van der Waals surface area contributed by atoms with Crippen LogP contribution in [-0.4, -0.2) is 64.8 Å². The number of ether oxygens (including phenoxy) is 1. The van der Waals surface area contributed by atoms with E-state index in [2.05, 4.69) is 25.9 Å². The Morgan fingerprint density at radius 1 is 1.38 bits per heavy atom. The summed E-state index contributed by atoms with van der Waals surface area (Å²) in [7, 11) is 1.24. The zero-order valence-electron chi connectivity index (χ0n) is 16.6.